The van der Waals surface area contributed by atoms with Gasteiger partial charge in [-0.05, 0) is 61.9 Å². The van der Waals surface area contributed by atoms with Crippen molar-refractivity contribution in [3.05, 3.63) is 75.5 Å². The number of thiophene rings is 1. The molecule has 2 aromatic heterocycles. The van der Waals surface area contributed by atoms with Crippen molar-refractivity contribution in [1.29, 1.82) is 0 Å². The summed E-state index contributed by atoms with van der Waals surface area (Å²) in [6.07, 6.45) is 0. The number of halogens is 2. The zero-order valence-corrected chi connectivity index (χ0v) is 16.2. The highest BCUT2D eigenvalue weighted by molar-refractivity contribution is 7.20. The number of fused-ring (bicyclic) bond motifs is 1. The number of amides is 1. The second kappa shape index (κ2) is 6.79. The lowest BCUT2D eigenvalue weighted by atomic mass is 10.2. The fourth-order valence-electron chi connectivity index (χ4n) is 2.78. The van der Waals surface area contributed by atoms with Crippen LogP contribution in [0.3, 0.4) is 0 Å². The van der Waals surface area contributed by atoms with E-state index < -0.39 is 0 Å². The molecule has 4 rings (SSSR count). The van der Waals surface area contributed by atoms with Crippen molar-refractivity contribution in [1.82, 2.24) is 9.78 Å². The molecule has 0 unspecified atom stereocenters. The quantitative estimate of drug-likeness (QED) is 0.477. The number of nitrogens with one attached hydrogen (secondary N) is 1. The summed E-state index contributed by atoms with van der Waals surface area (Å²) < 4.78 is 14.9. The SMILES string of the molecule is Cc1ccc(NC(=O)c2cc3c(C)nn(-c4ccc(F)cc4)c3s2)cc1Cl. The van der Waals surface area contributed by atoms with Gasteiger partial charge in [-0.2, -0.15) is 5.10 Å². The van der Waals surface area contributed by atoms with Gasteiger partial charge in [0, 0.05) is 16.1 Å². The molecule has 1 amide bonds. The predicted octanol–water partition coefficient (Wildman–Crippen LogP) is 5.75. The molecule has 0 aliphatic carbocycles. The van der Waals surface area contributed by atoms with Crippen molar-refractivity contribution < 1.29 is 9.18 Å². The van der Waals surface area contributed by atoms with Crippen LogP contribution >= 0.6 is 22.9 Å². The molecule has 4 nitrogen and oxygen atoms in total. The van der Waals surface area contributed by atoms with Crippen LogP contribution in [0.1, 0.15) is 20.9 Å². The van der Waals surface area contributed by atoms with Gasteiger partial charge in [-0.3, -0.25) is 4.79 Å². The Hall–Kier alpha value is -2.70. The third kappa shape index (κ3) is 3.34. The van der Waals surface area contributed by atoms with E-state index >= 15 is 0 Å². The Morgan fingerprint density at radius 2 is 1.89 bits per heavy atom. The Kier molecular flexibility index (Phi) is 4.45. The van der Waals surface area contributed by atoms with Gasteiger partial charge in [-0.25, -0.2) is 9.07 Å². The number of anilines is 1. The van der Waals surface area contributed by atoms with E-state index in [2.05, 4.69) is 10.4 Å². The fraction of sp³-hybridized carbons (Fsp3) is 0.100. The van der Waals surface area contributed by atoms with Crippen LogP contribution in [0.5, 0.6) is 0 Å². The average Bonchev–Trinajstić information content (AvgIpc) is 3.20. The van der Waals surface area contributed by atoms with Crippen LogP contribution in [-0.4, -0.2) is 15.7 Å². The first kappa shape index (κ1) is 17.7. The molecule has 0 saturated heterocycles. The molecular formula is C20H15ClFN3OS. The summed E-state index contributed by atoms with van der Waals surface area (Å²) in [7, 11) is 0. The molecule has 0 aliphatic rings. The molecular weight excluding hydrogens is 385 g/mol. The molecule has 0 fully saturated rings. The molecule has 4 aromatic rings. The van der Waals surface area contributed by atoms with Crippen molar-refractivity contribution in [3.8, 4) is 5.69 Å². The lowest BCUT2D eigenvalue weighted by Gasteiger charge is -2.05. The molecule has 7 heteroatoms. The van der Waals surface area contributed by atoms with Crippen molar-refractivity contribution >= 4 is 44.7 Å². The van der Waals surface area contributed by atoms with Gasteiger partial charge in [0.25, 0.3) is 5.91 Å². The van der Waals surface area contributed by atoms with Crippen LogP contribution in [0.4, 0.5) is 10.1 Å². The summed E-state index contributed by atoms with van der Waals surface area (Å²) in [6.45, 7) is 3.79. The number of hydrogen-bond acceptors (Lipinski definition) is 3. The molecule has 27 heavy (non-hydrogen) atoms. The minimum atomic E-state index is -0.304. The van der Waals surface area contributed by atoms with E-state index in [-0.39, 0.29) is 11.7 Å². The maximum Gasteiger partial charge on any atom is 0.265 e. The molecule has 0 saturated carbocycles. The van der Waals surface area contributed by atoms with Crippen molar-refractivity contribution in [2.45, 2.75) is 13.8 Å². The zero-order chi connectivity index (χ0) is 19.1. The van der Waals surface area contributed by atoms with Crippen LogP contribution in [0.2, 0.25) is 5.02 Å². The Morgan fingerprint density at radius 3 is 2.59 bits per heavy atom. The van der Waals surface area contributed by atoms with Gasteiger partial charge in [0.2, 0.25) is 0 Å². The van der Waals surface area contributed by atoms with Gasteiger partial charge < -0.3 is 5.32 Å². The smallest absolute Gasteiger partial charge is 0.265 e. The predicted molar refractivity (Wildman–Crippen MR) is 108 cm³/mol. The molecule has 0 radical (unpaired) electrons. The normalized spacial score (nSPS) is 11.1. The Labute approximate surface area is 164 Å². The van der Waals surface area contributed by atoms with E-state index in [4.69, 9.17) is 11.6 Å². The standard InChI is InChI=1S/C20H15ClFN3OS/c1-11-3-6-14(9-17(11)21)23-19(26)18-10-16-12(2)24-25(20(16)27-18)15-7-4-13(22)5-8-15/h3-10H,1-2H3,(H,23,26). The molecule has 136 valence electrons. The van der Waals surface area contributed by atoms with Gasteiger partial charge in [0.1, 0.15) is 10.6 Å². The van der Waals surface area contributed by atoms with Crippen molar-refractivity contribution in [2.75, 3.05) is 5.32 Å². The average molecular weight is 400 g/mol. The molecule has 2 aromatic carbocycles. The van der Waals surface area contributed by atoms with E-state index in [1.165, 1.54) is 23.5 Å². The van der Waals surface area contributed by atoms with E-state index in [9.17, 15) is 9.18 Å². The molecule has 2 heterocycles. The summed E-state index contributed by atoms with van der Waals surface area (Å²) >= 11 is 7.46. The van der Waals surface area contributed by atoms with Crippen molar-refractivity contribution in [2.24, 2.45) is 0 Å². The second-order valence-electron chi connectivity index (χ2n) is 6.22. The van der Waals surface area contributed by atoms with E-state index in [1.807, 2.05) is 32.0 Å². The largest absolute Gasteiger partial charge is 0.321 e. The van der Waals surface area contributed by atoms with E-state index in [1.54, 1.807) is 22.9 Å². The molecule has 0 spiro atoms. The van der Waals surface area contributed by atoms with Gasteiger partial charge in [0.05, 0.1) is 16.3 Å². The summed E-state index contributed by atoms with van der Waals surface area (Å²) in [6, 6.07) is 13.3. The zero-order valence-electron chi connectivity index (χ0n) is 14.6. The second-order valence-corrected chi connectivity index (χ2v) is 7.66. The summed E-state index contributed by atoms with van der Waals surface area (Å²) in [4.78, 5) is 14.1. The highest BCUT2D eigenvalue weighted by Crippen LogP contribution is 2.31. The number of nitrogens with zero attached hydrogens (tertiary/aromatic N) is 2. The van der Waals surface area contributed by atoms with Crippen LogP contribution in [0, 0.1) is 19.7 Å². The monoisotopic (exact) mass is 399 g/mol. The third-order valence-electron chi connectivity index (χ3n) is 4.27. The molecule has 0 atom stereocenters. The number of aryl methyl sites for hydroxylation is 2. The number of hydrogen-bond donors (Lipinski definition) is 1. The molecule has 0 aliphatic heterocycles. The van der Waals surface area contributed by atoms with E-state index in [0.717, 1.165) is 27.2 Å². The molecule has 0 bridgehead atoms. The number of benzene rings is 2. The van der Waals surface area contributed by atoms with Crippen LogP contribution in [0.15, 0.2) is 48.5 Å². The van der Waals surface area contributed by atoms with Gasteiger partial charge in [-0.15, -0.1) is 11.3 Å². The lowest BCUT2D eigenvalue weighted by molar-refractivity contribution is 0.103. The summed E-state index contributed by atoms with van der Waals surface area (Å²) in [5.41, 5.74) is 3.15. The Bertz CT molecular complexity index is 1160. The maximum absolute atomic E-state index is 13.2. The van der Waals surface area contributed by atoms with E-state index in [0.29, 0.717) is 15.6 Å². The summed E-state index contributed by atoms with van der Waals surface area (Å²) in [5.74, 6) is -0.511. The first-order valence-corrected chi connectivity index (χ1v) is 9.44. The van der Waals surface area contributed by atoms with Gasteiger partial charge in [-0.1, -0.05) is 17.7 Å². The van der Waals surface area contributed by atoms with Crippen LogP contribution < -0.4 is 5.32 Å². The minimum absolute atomic E-state index is 0.207. The van der Waals surface area contributed by atoms with Crippen LogP contribution in [0.25, 0.3) is 15.9 Å². The van der Waals surface area contributed by atoms with Crippen molar-refractivity contribution in [3.63, 3.8) is 0 Å². The number of carbonyl (C=O) groups excluding carboxylic acids is 1. The first-order valence-electron chi connectivity index (χ1n) is 8.25. The third-order valence-corrected chi connectivity index (χ3v) is 5.79. The Balaban J connectivity index is 1.68. The molecule has 1 N–H and O–H groups in total. The Morgan fingerprint density at radius 1 is 1.15 bits per heavy atom. The van der Waals surface area contributed by atoms with Crippen LogP contribution in [-0.2, 0) is 0 Å². The highest BCUT2D eigenvalue weighted by atomic mass is 35.5. The number of carbonyl (C=O) groups is 1. The van der Waals surface area contributed by atoms with Gasteiger partial charge in [0.15, 0.2) is 0 Å². The maximum atomic E-state index is 13.2. The first-order chi connectivity index (χ1) is 12.9. The topological polar surface area (TPSA) is 46.9 Å². The minimum Gasteiger partial charge on any atom is -0.321 e. The fourth-order valence-corrected chi connectivity index (χ4v) is 4.04. The highest BCUT2D eigenvalue weighted by Gasteiger charge is 2.17. The summed E-state index contributed by atoms with van der Waals surface area (Å²) in [5, 5.41) is 8.88. The number of rotatable bonds is 3. The van der Waals surface area contributed by atoms with Gasteiger partial charge >= 0.3 is 0 Å². The lowest BCUT2D eigenvalue weighted by Crippen LogP contribution is -2.10. The number of aromatic nitrogens is 2.